The minimum atomic E-state index is -1.14. The molecule has 0 aromatic heterocycles. The molecule has 1 aliphatic rings. The van der Waals surface area contributed by atoms with Gasteiger partial charge in [-0.05, 0) is 64.0 Å². The van der Waals surface area contributed by atoms with Gasteiger partial charge in [-0.25, -0.2) is 4.79 Å². The minimum absolute atomic E-state index is 0.00222. The predicted molar refractivity (Wildman–Crippen MR) is 219 cm³/mol. The molecule has 4 amide bonds. The van der Waals surface area contributed by atoms with E-state index in [1.165, 1.54) is 7.11 Å². The number of benzene rings is 1. The first-order valence-corrected chi connectivity index (χ1v) is 20.3. The number of hydrogen-bond donors (Lipinski definition) is 3. The Balaban J connectivity index is 2.30. The van der Waals surface area contributed by atoms with Crippen molar-refractivity contribution in [2.45, 2.75) is 149 Å². The highest BCUT2D eigenvalue weighted by Gasteiger charge is 2.44. The summed E-state index contributed by atoms with van der Waals surface area (Å²) in [4.78, 5) is 73.6. The number of nitrogens with zero attached hydrogens (tertiary/aromatic N) is 3. The number of hydrogen-bond acceptors (Lipinski definition) is 8. The molecule has 0 bridgehead atoms. The van der Waals surface area contributed by atoms with E-state index in [1.807, 2.05) is 83.8 Å². The monoisotopic (exact) mass is 788 g/mol. The molecule has 2 rings (SSSR count). The summed E-state index contributed by atoms with van der Waals surface area (Å²) in [6.45, 7) is 20.2. The zero-order valence-corrected chi connectivity index (χ0v) is 36.6. The number of methoxy groups -OCH3 is 2. The smallest absolute Gasteiger partial charge is 0.326 e. The van der Waals surface area contributed by atoms with Crippen molar-refractivity contribution in [3.63, 3.8) is 0 Å². The number of likely N-dealkylation sites (tertiary alicyclic amines) is 1. The van der Waals surface area contributed by atoms with Crippen molar-refractivity contribution in [2.24, 2.45) is 23.7 Å². The Morgan fingerprint density at radius 3 is 2.00 bits per heavy atom. The molecule has 0 aliphatic carbocycles. The summed E-state index contributed by atoms with van der Waals surface area (Å²) >= 11 is 0. The second kappa shape index (κ2) is 21.8. The first kappa shape index (κ1) is 48.6. The molecule has 1 saturated heterocycles. The Bertz CT molecular complexity index is 1430. The highest BCUT2D eigenvalue weighted by atomic mass is 16.5. The summed E-state index contributed by atoms with van der Waals surface area (Å²) in [5.74, 6) is -3.26. The lowest BCUT2D eigenvalue weighted by Gasteiger charge is -2.42. The standard InChI is InChI=1S/C43H73N5O8/c1-15-28(6)37(46(11)41(52)35(26(2)3)45-40(51)36(27(4)5)47(12)43(8,9)10)33(55-13)25-34(49)48-23-19-22-32(48)38(56-14)29(7)39(50)44-31(42(53)54)24-30-20-17-16-18-21-30/h16-18,20-21,26-29,31-33,35-38H,15,19,22-25H2,1-14H3,(H,44,50)(H,45,51)(H,53,54)/t28-,29+,31?,32-,33+,35-,36-,37-,38+/m0/s1. The first-order chi connectivity index (χ1) is 26.1. The number of carbonyl (C=O) groups excluding carboxylic acids is 4. The number of amides is 4. The lowest BCUT2D eigenvalue weighted by atomic mass is 9.89. The molecule has 13 nitrogen and oxygen atoms in total. The van der Waals surface area contributed by atoms with Crippen molar-refractivity contribution >= 4 is 29.6 Å². The van der Waals surface area contributed by atoms with Crippen molar-refractivity contribution in [2.75, 3.05) is 34.9 Å². The van der Waals surface area contributed by atoms with E-state index in [0.29, 0.717) is 25.8 Å². The van der Waals surface area contributed by atoms with Crippen LogP contribution in [0.5, 0.6) is 0 Å². The molecule has 1 heterocycles. The van der Waals surface area contributed by atoms with Crippen LogP contribution in [0.15, 0.2) is 30.3 Å². The van der Waals surface area contributed by atoms with Crippen LogP contribution < -0.4 is 10.6 Å². The van der Waals surface area contributed by atoms with E-state index >= 15 is 0 Å². The molecule has 1 aromatic carbocycles. The van der Waals surface area contributed by atoms with Crippen molar-refractivity contribution in [3.05, 3.63) is 35.9 Å². The van der Waals surface area contributed by atoms with Gasteiger partial charge in [0.05, 0.1) is 42.7 Å². The zero-order valence-electron chi connectivity index (χ0n) is 36.6. The number of rotatable bonds is 21. The maximum absolute atomic E-state index is 14.4. The number of ether oxygens (including phenoxy) is 2. The second-order valence-corrected chi connectivity index (χ2v) is 17.4. The highest BCUT2D eigenvalue weighted by Crippen LogP contribution is 2.30. The SMILES string of the molecule is CC[C@H](C)[C@@H]([C@@H](CC(=O)N1CCC[C@H]1[C@H](OC)[C@@H](C)C(=O)NC(Cc1ccccc1)C(=O)O)OC)N(C)C(=O)[C@@H](NC(=O)[C@H](C(C)C)N(C)C(C)(C)C)C(C)C. The molecule has 0 spiro atoms. The molecule has 1 unspecified atom stereocenters. The fraction of sp³-hybridized carbons (Fsp3) is 0.744. The second-order valence-electron chi connectivity index (χ2n) is 17.4. The molecule has 318 valence electrons. The van der Waals surface area contributed by atoms with Crippen molar-refractivity contribution < 1.29 is 38.6 Å². The van der Waals surface area contributed by atoms with Gasteiger partial charge in [0.1, 0.15) is 12.1 Å². The van der Waals surface area contributed by atoms with E-state index in [0.717, 1.165) is 5.56 Å². The number of carboxylic acids is 1. The molecular formula is C43H73N5O8. The van der Waals surface area contributed by atoms with E-state index < -0.39 is 60.2 Å². The summed E-state index contributed by atoms with van der Waals surface area (Å²) < 4.78 is 11.9. The van der Waals surface area contributed by atoms with Crippen molar-refractivity contribution in [1.29, 1.82) is 0 Å². The molecule has 1 aromatic rings. The van der Waals surface area contributed by atoms with Crippen LogP contribution in [0.25, 0.3) is 0 Å². The van der Waals surface area contributed by atoms with Gasteiger partial charge in [-0.3, -0.25) is 24.1 Å². The molecule has 0 radical (unpaired) electrons. The van der Waals surface area contributed by atoms with Crippen LogP contribution in [0.2, 0.25) is 0 Å². The van der Waals surface area contributed by atoms with Gasteiger partial charge in [0.25, 0.3) is 0 Å². The largest absolute Gasteiger partial charge is 0.480 e. The Labute approximate surface area is 336 Å². The fourth-order valence-corrected chi connectivity index (χ4v) is 7.97. The van der Waals surface area contributed by atoms with Gasteiger partial charge in [-0.2, -0.15) is 0 Å². The summed E-state index contributed by atoms with van der Waals surface area (Å²) in [6, 6.07) is 5.82. The molecule has 3 N–H and O–H groups in total. The van der Waals surface area contributed by atoms with Gasteiger partial charge < -0.3 is 35.0 Å². The third kappa shape index (κ3) is 12.7. The lowest BCUT2D eigenvalue weighted by Crippen LogP contribution is -2.61. The fourth-order valence-electron chi connectivity index (χ4n) is 7.97. The number of likely N-dealkylation sites (N-methyl/N-ethyl adjacent to an activating group) is 2. The zero-order chi connectivity index (χ0) is 42.7. The maximum Gasteiger partial charge on any atom is 0.326 e. The maximum atomic E-state index is 14.4. The molecule has 13 heteroatoms. The van der Waals surface area contributed by atoms with Crippen molar-refractivity contribution in [3.8, 4) is 0 Å². The van der Waals surface area contributed by atoms with Gasteiger partial charge in [0.2, 0.25) is 23.6 Å². The van der Waals surface area contributed by atoms with Gasteiger partial charge in [0.15, 0.2) is 0 Å². The number of nitrogens with one attached hydrogen (secondary N) is 2. The average Bonchev–Trinajstić information content (AvgIpc) is 3.62. The van der Waals surface area contributed by atoms with Crippen LogP contribution in [0, 0.1) is 23.7 Å². The van der Waals surface area contributed by atoms with Crippen LogP contribution in [0.4, 0.5) is 0 Å². The predicted octanol–water partition coefficient (Wildman–Crippen LogP) is 4.61. The summed E-state index contributed by atoms with van der Waals surface area (Å²) in [6.07, 6.45) is 0.792. The quantitative estimate of drug-likeness (QED) is 0.162. The number of carboxylic acid groups (broad SMARTS) is 1. The van der Waals surface area contributed by atoms with Crippen LogP contribution in [0.1, 0.15) is 100 Å². The third-order valence-corrected chi connectivity index (χ3v) is 11.8. The van der Waals surface area contributed by atoms with Gasteiger partial charge in [-0.1, -0.05) is 85.2 Å². The van der Waals surface area contributed by atoms with Gasteiger partial charge in [-0.15, -0.1) is 0 Å². The van der Waals surface area contributed by atoms with E-state index in [4.69, 9.17) is 9.47 Å². The first-order valence-electron chi connectivity index (χ1n) is 20.3. The molecule has 1 aliphatic heterocycles. The summed E-state index contributed by atoms with van der Waals surface area (Å²) in [5.41, 5.74) is 0.515. The van der Waals surface area contributed by atoms with Crippen LogP contribution >= 0.6 is 0 Å². The molecule has 1 fully saturated rings. The minimum Gasteiger partial charge on any atom is -0.480 e. The summed E-state index contributed by atoms with van der Waals surface area (Å²) in [7, 11) is 6.70. The summed E-state index contributed by atoms with van der Waals surface area (Å²) in [5, 5.41) is 15.7. The number of aliphatic carboxylic acids is 1. The molecule has 56 heavy (non-hydrogen) atoms. The van der Waals surface area contributed by atoms with E-state index in [9.17, 15) is 29.1 Å². The highest BCUT2D eigenvalue weighted by molar-refractivity contribution is 5.90. The molecule has 9 atom stereocenters. The topological polar surface area (TPSA) is 158 Å². The van der Waals surface area contributed by atoms with Crippen molar-refractivity contribution in [1.82, 2.24) is 25.3 Å². The van der Waals surface area contributed by atoms with Gasteiger partial charge >= 0.3 is 5.97 Å². The van der Waals surface area contributed by atoms with E-state index in [-0.39, 0.29) is 53.9 Å². The van der Waals surface area contributed by atoms with Crippen LogP contribution in [-0.4, -0.2) is 132 Å². The number of carbonyl (C=O) groups is 5. The molecular weight excluding hydrogens is 714 g/mol. The third-order valence-electron chi connectivity index (χ3n) is 11.8. The Morgan fingerprint density at radius 2 is 1.52 bits per heavy atom. The van der Waals surface area contributed by atoms with Gasteiger partial charge in [0, 0.05) is 39.8 Å². The lowest BCUT2D eigenvalue weighted by molar-refractivity contribution is -0.148. The van der Waals surface area contributed by atoms with Crippen LogP contribution in [-0.2, 0) is 39.9 Å². The van der Waals surface area contributed by atoms with E-state index in [1.54, 1.807) is 30.9 Å². The van der Waals surface area contributed by atoms with Crippen LogP contribution in [0.3, 0.4) is 0 Å². The molecule has 0 saturated carbocycles. The van der Waals surface area contributed by atoms with E-state index in [2.05, 4.69) is 31.4 Å². The average molecular weight is 788 g/mol. The Morgan fingerprint density at radius 1 is 0.911 bits per heavy atom. The normalized spacial score (nSPS) is 19.2. The Hall–Kier alpha value is -3.55. The Kier molecular flexibility index (Phi) is 18.9.